The maximum atomic E-state index is 4.56. The van der Waals surface area contributed by atoms with Gasteiger partial charge >= 0.3 is 0 Å². The number of hydrogen-bond donors (Lipinski definition) is 0. The fraction of sp³-hybridized carbons (Fsp3) is 0.0156. The number of benzene rings is 6. The molecule has 6 aromatic carbocycles. The lowest BCUT2D eigenvalue weighted by Gasteiger charge is -2.05. The van der Waals surface area contributed by atoms with Crippen molar-refractivity contribution in [1.29, 1.82) is 0 Å². The zero-order chi connectivity index (χ0) is 52.4. The molecule has 0 saturated carbocycles. The smallest absolute Gasteiger partial charge is 0.181 e. The number of aromatic nitrogens is 9. The highest BCUT2D eigenvalue weighted by molar-refractivity contribution is 9.10. The van der Waals surface area contributed by atoms with Gasteiger partial charge in [-0.15, -0.1) is 0 Å². The molecule has 6 aromatic heterocycles. The first kappa shape index (κ1) is 50.4. The Balaban J connectivity index is 0.000000131. The van der Waals surface area contributed by atoms with Crippen LogP contribution in [0, 0.1) is 6.92 Å². The van der Waals surface area contributed by atoms with Crippen molar-refractivity contribution in [3.63, 3.8) is 0 Å². The summed E-state index contributed by atoms with van der Waals surface area (Å²) >= 11 is 3.43. The molecule has 0 atom stereocenters. The molecule has 0 aliphatic carbocycles. The van der Waals surface area contributed by atoms with E-state index >= 15 is 0 Å². The number of hydrogen-bond acceptors (Lipinski definition) is 9. The van der Waals surface area contributed by atoms with Crippen molar-refractivity contribution < 1.29 is 0 Å². The molecule has 13 heteroatoms. The molecule has 12 rings (SSSR count). The Hall–Kier alpha value is -10.1. The van der Waals surface area contributed by atoms with E-state index in [9.17, 15) is 0 Å². The van der Waals surface area contributed by atoms with Crippen molar-refractivity contribution in [1.82, 2.24) is 43.6 Å². The van der Waals surface area contributed by atoms with Crippen LogP contribution < -0.4 is 0 Å². The van der Waals surface area contributed by atoms with E-state index < -0.39 is 0 Å². The zero-order valence-corrected chi connectivity index (χ0v) is 43.4. The monoisotopic (exact) mass is 1060 g/mol. The molecule has 372 valence electrons. The second-order valence-corrected chi connectivity index (χ2v) is 18.0. The number of imidazole rings is 3. The van der Waals surface area contributed by atoms with Crippen LogP contribution in [0.1, 0.15) is 22.5 Å². The van der Waals surface area contributed by atoms with Crippen LogP contribution in [0.3, 0.4) is 0 Å². The molecule has 0 unspecified atom stereocenters. The molecule has 0 N–H and O–H groups in total. The molecule has 12 nitrogen and oxygen atoms in total. The van der Waals surface area contributed by atoms with Gasteiger partial charge in [0.25, 0.3) is 0 Å². The van der Waals surface area contributed by atoms with Gasteiger partial charge in [0.05, 0.1) is 23.4 Å². The summed E-state index contributed by atoms with van der Waals surface area (Å²) in [6.45, 7) is 1.99. The first-order valence-electron chi connectivity index (χ1n) is 24.6. The highest BCUT2D eigenvalue weighted by Gasteiger charge is 2.04. The molecule has 12 aromatic rings. The third-order valence-electron chi connectivity index (χ3n) is 12.2. The largest absolute Gasteiger partial charge is 0.306 e. The molecule has 0 radical (unpaired) electrons. The predicted molar refractivity (Wildman–Crippen MR) is 314 cm³/mol. The molecule has 77 heavy (non-hydrogen) atoms. The number of aryl methyl sites for hydroxylation is 1. The predicted octanol–water partition coefficient (Wildman–Crippen LogP) is 15.1. The van der Waals surface area contributed by atoms with E-state index in [1.54, 1.807) is 62.1 Å². The van der Waals surface area contributed by atoms with Crippen molar-refractivity contribution in [2.75, 3.05) is 0 Å². The SMILES string of the molecule is Brc1nccn1-c1ccc(C=Nc2ccc(-c3ccncc3)cc2)cc1.C(=Nc1ccc(-c2ccncc2)cc1)c1ccc(-n2ccnc2)cc1.Cc1nccn1-c1ccc(C=Nc2ccc(-c3ccncc3)cc2)cc1. The van der Waals surface area contributed by atoms with Crippen LogP contribution in [0.2, 0.25) is 0 Å². The topological polar surface area (TPSA) is 129 Å². The van der Waals surface area contributed by atoms with Crippen molar-refractivity contribution in [2.24, 2.45) is 15.0 Å². The first-order valence-corrected chi connectivity index (χ1v) is 25.4. The van der Waals surface area contributed by atoms with Gasteiger partial charge in [0.15, 0.2) is 4.73 Å². The van der Waals surface area contributed by atoms with Gasteiger partial charge in [-0.05, 0) is 182 Å². The molecule has 0 amide bonds. The van der Waals surface area contributed by atoms with Crippen LogP contribution in [-0.2, 0) is 0 Å². The van der Waals surface area contributed by atoms with Gasteiger partial charge in [-0.2, -0.15) is 0 Å². The van der Waals surface area contributed by atoms with Crippen molar-refractivity contribution in [2.45, 2.75) is 6.92 Å². The molecular formula is C64H49BrN12. The number of pyridine rings is 3. The van der Waals surface area contributed by atoms with Crippen molar-refractivity contribution in [3.8, 4) is 50.4 Å². The van der Waals surface area contributed by atoms with E-state index in [-0.39, 0.29) is 0 Å². The minimum Gasteiger partial charge on any atom is -0.306 e. The van der Waals surface area contributed by atoms with Crippen molar-refractivity contribution in [3.05, 3.63) is 290 Å². The summed E-state index contributed by atoms with van der Waals surface area (Å²) in [7, 11) is 0. The molecule has 6 heterocycles. The van der Waals surface area contributed by atoms with Crippen LogP contribution in [0.25, 0.3) is 50.4 Å². The summed E-state index contributed by atoms with van der Waals surface area (Å²) in [6.07, 6.45) is 29.3. The van der Waals surface area contributed by atoms with Gasteiger partial charge in [0, 0.05) is 110 Å². The van der Waals surface area contributed by atoms with Gasteiger partial charge in [-0.25, -0.2) is 15.0 Å². The molecule has 0 saturated heterocycles. The van der Waals surface area contributed by atoms with Gasteiger partial charge in [0.1, 0.15) is 5.82 Å². The fourth-order valence-electron chi connectivity index (χ4n) is 8.02. The van der Waals surface area contributed by atoms with E-state index in [2.05, 4.69) is 138 Å². The third-order valence-corrected chi connectivity index (χ3v) is 12.8. The summed E-state index contributed by atoms with van der Waals surface area (Å²) in [4.78, 5) is 38.3. The molecule has 0 aliphatic rings. The Kier molecular flexibility index (Phi) is 16.5. The summed E-state index contributed by atoms with van der Waals surface area (Å²) in [5.41, 5.74) is 16.1. The van der Waals surface area contributed by atoms with Gasteiger partial charge in [0.2, 0.25) is 0 Å². The second kappa shape index (κ2) is 25.2. The molecule has 0 fully saturated rings. The highest BCUT2D eigenvalue weighted by atomic mass is 79.9. The van der Waals surface area contributed by atoms with Crippen LogP contribution in [0.5, 0.6) is 0 Å². The van der Waals surface area contributed by atoms with E-state index in [1.807, 2.05) is 162 Å². The maximum absolute atomic E-state index is 4.56. The minimum absolute atomic E-state index is 0.785. The average molecular weight is 1070 g/mol. The van der Waals surface area contributed by atoms with E-state index in [4.69, 9.17) is 0 Å². The Morgan fingerprint density at radius 2 is 0.688 bits per heavy atom. The van der Waals surface area contributed by atoms with Crippen LogP contribution in [-0.4, -0.2) is 62.2 Å². The minimum atomic E-state index is 0.785. The van der Waals surface area contributed by atoms with Gasteiger partial charge < -0.3 is 9.13 Å². The lowest BCUT2D eigenvalue weighted by atomic mass is 10.1. The summed E-state index contributed by atoms with van der Waals surface area (Å²) < 4.78 is 6.78. The molecular weight excluding hydrogens is 1020 g/mol. The van der Waals surface area contributed by atoms with E-state index in [0.29, 0.717) is 0 Å². The quantitative estimate of drug-likeness (QED) is 0.112. The molecule has 0 aliphatic heterocycles. The number of halogens is 1. The average Bonchev–Trinajstić information content (AvgIpc) is 4.31. The van der Waals surface area contributed by atoms with Crippen LogP contribution >= 0.6 is 15.9 Å². The Bertz CT molecular complexity index is 3630. The molecule has 0 spiro atoms. The lowest BCUT2D eigenvalue weighted by molar-refractivity contribution is 0.975. The standard InChI is InChI=1S/C22H18N4.C21H15BrN4.C21H16N4/c1-17-24-14-15-26(17)22-8-2-18(3-9-22)16-25-21-6-4-19(5-7-21)20-10-12-23-13-11-20;22-21-24-13-14-26(21)20-7-1-16(2-8-20)15-25-19-5-3-17(4-6-19)18-9-11-23-12-10-18;1-7-21(25-14-13-23-16-25)8-2-17(1)15-24-20-5-3-18(4-6-20)19-9-11-22-12-10-19/h2-16H,1H3;1-15H;1-16H. The first-order chi connectivity index (χ1) is 38.0. The van der Waals surface area contributed by atoms with Crippen molar-refractivity contribution >= 4 is 51.6 Å². The lowest BCUT2D eigenvalue weighted by Crippen LogP contribution is -1.95. The summed E-state index contributed by atoms with van der Waals surface area (Å²) in [6, 6.07) is 61.2. The normalized spacial score (nSPS) is 11.1. The van der Waals surface area contributed by atoms with E-state index in [0.717, 1.165) is 94.8 Å². The second-order valence-electron chi connectivity index (χ2n) is 17.3. The third kappa shape index (κ3) is 13.7. The Labute approximate surface area is 455 Å². The van der Waals surface area contributed by atoms with Crippen LogP contribution in [0.4, 0.5) is 17.1 Å². The maximum Gasteiger partial charge on any atom is 0.181 e. The van der Waals surface area contributed by atoms with Gasteiger partial charge in [-0.3, -0.25) is 34.5 Å². The number of rotatable bonds is 12. The number of aliphatic imine (C=N–C) groups is 3. The van der Waals surface area contributed by atoms with Gasteiger partial charge in [-0.1, -0.05) is 72.8 Å². The zero-order valence-electron chi connectivity index (χ0n) is 41.8. The molecule has 0 bridgehead atoms. The highest BCUT2D eigenvalue weighted by Crippen LogP contribution is 2.25. The number of nitrogens with zero attached hydrogens (tertiary/aromatic N) is 12. The summed E-state index contributed by atoms with van der Waals surface area (Å²) in [5.74, 6) is 0.973. The Morgan fingerprint density at radius 1 is 0.338 bits per heavy atom. The fourth-order valence-corrected chi connectivity index (χ4v) is 8.46. The van der Waals surface area contributed by atoms with E-state index in [1.165, 1.54) is 0 Å². The Morgan fingerprint density at radius 3 is 1.03 bits per heavy atom. The van der Waals surface area contributed by atoms with Crippen LogP contribution in [0.15, 0.2) is 282 Å². The summed E-state index contributed by atoms with van der Waals surface area (Å²) in [5, 5.41) is 0.